The number of nitrogens with zero attached hydrogens (tertiary/aromatic N) is 2. The van der Waals surface area contributed by atoms with Crippen molar-refractivity contribution >= 4 is 29.3 Å². The second-order valence-electron chi connectivity index (χ2n) is 3.57. The molecule has 92 valence electrons. The van der Waals surface area contributed by atoms with Gasteiger partial charge >= 0.3 is 0 Å². The van der Waals surface area contributed by atoms with Crippen molar-refractivity contribution in [1.82, 2.24) is 9.97 Å². The molecule has 0 atom stereocenters. The Morgan fingerprint density at radius 2 is 1.89 bits per heavy atom. The smallest absolute Gasteiger partial charge is 0.223 e. The average Bonchev–Trinajstić information content (AvgIpc) is 2.36. The molecule has 0 fully saturated rings. The van der Waals surface area contributed by atoms with Crippen molar-refractivity contribution in [2.75, 3.05) is 17.2 Å². The van der Waals surface area contributed by atoms with Crippen molar-refractivity contribution in [3.63, 3.8) is 0 Å². The number of rotatable bonds is 4. The van der Waals surface area contributed by atoms with Gasteiger partial charge < -0.3 is 11.5 Å². The van der Waals surface area contributed by atoms with Crippen LogP contribution in [0, 0.1) is 0 Å². The van der Waals surface area contributed by atoms with E-state index in [-0.39, 0.29) is 11.7 Å². The third kappa shape index (κ3) is 3.21. The first-order valence-corrected chi connectivity index (χ1v) is 6.25. The van der Waals surface area contributed by atoms with E-state index < -0.39 is 0 Å². The molecule has 18 heavy (non-hydrogen) atoms. The van der Waals surface area contributed by atoms with Gasteiger partial charge in [0.15, 0.2) is 5.78 Å². The van der Waals surface area contributed by atoms with Gasteiger partial charge in [0, 0.05) is 11.6 Å². The minimum absolute atomic E-state index is 0.0383. The third-order valence-electron chi connectivity index (χ3n) is 2.19. The number of aromatic nitrogens is 2. The number of carbonyl (C=O) groups excluding carboxylic acids is 1. The van der Waals surface area contributed by atoms with Crippen LogP contribution in [0.5, 0.6) is 0 Å². The van der Waals surface area contributed by atoms with Crippen molar-refractivity contribution in [3.05, 3.63) is 42.0 Å². The molecular formula is C12H12N4OS. The van der Waals surface area contributed by atoms with Crippen LogP contribution in [0.3, 0.4) is 0 Å². The maximum absolute atomic E-state index is 11.9. The Balaban J connectivity index is 2.02. The second-order valence-corrected chi connectivity index (χ2v) is 4.56. The first-order valence-electron chi connectivity index (χ1n) is 5.26. The molecule has 0 radical (unpaired) electrons. The zero-order chi connectivity index (χ0) is 13.0. The number of thioether (sulfide) groups is 1. The van der Waals surface area contributed by atoms with Crippen LogP contribution in [0.1, 0.15) is 10.4 Å². The van der Waals surface area contributed by atoms with E-state index in [0.717, 1.165) is 0 Å². The van der Waals surface area contributed by atoms with E-state index in [0.29, 0.717) is 22.2 Å². The fraction of sp³-hybridized carbons (Fsp3) is 0.0833. The Kier molecular flexibility index (Phi) is 3.78. The number of ketones is 1. The molecule has 0 spiro atoms. The quantitative estimate of drug-likeness (QED) is 0.492. The number of hydrogen-bond donors (Lipinski definition) is 2. The molecular weight excluding hydrogens is 248 g/mol. The van der Waals surface area contributed by atoms with E-state index in [9.17, 15) is 4.79 Å². The van der Waals surface area contributed by atoms with E-state index in [1.54, 1.807) is 18.2 Å². The summed E-state index contributed by atoms with van der Waals surface area (Å²) in [5.74, 6) is 0.748. The largest absolute Gasteiger partial charge is 0.383 e. The third-order valence-corrected chi connectivity index (χ3v) is 3.10. The molecule has 0 unspecified atom stereocenters. The van der Waals surface area contributed by atoms with Gasteiger partial charge in [0.1, 0.15) is 10.8 Å². The van der Waals surface area contributed by atoms with Crippen LogP contribution in [0.25, 0.3) is 0 Å². The topological polar surface area (TPSA) is 94.9 Å². The van der Waals surface area contributed by atoms with Gasteiger partial charge in [-0.05, 0) is 0 Å². The molecule has 0 amide bonds. The minimum Gasteiger partial charge on any atom is -0.383 e. The highest BCUT2D eigenvalue weighted by molar-refractivity contribution is 7.99. The average molecular weight is 260 g/mol. The number of benzene rings is 1. The van der Waals surface area contributed by atoms with E-state index >= 15 is 0 Å². The van der Waals surface area contributed by atoms with Crippen LogP contribution in [0.4, 0.5) is 11.8 Å². The van der Waals surface area contributed by atoms with Crippen molar-refractivity contribution in [2.45, 2.75) is 5.03 Å². The molecule has 0 saturated heterocycles. The number of nitrogen functional groups attached to an aromatic ring is 2. The Morgan fingerprint density at radius 1 is 1.17 bits per heavy atom. The summed E-state index contributed by atoms with van der Waals surface area (Å²) >= 11 is 1.29. The zero-order valence-electron chi connectivity index (χ0n) is 9.54. The summed E-state index contributed by atoms with van der Waals surface area (Å²) in [7, 11) is 0. The molecule has 4 N–H and O–H groups in total. The number of carbonyl (C=O) groups is 1. The fourth-order valence-corrected chi connectivity index (χ4v) is 2.19. The van der Waals surface area contributed by atoms with Crippen LogP contribution < -0.4 is 11.5 Å². The van der Waals surface area contributed by atoms with Crippen molar-refractivity contribution in [2.24, 2.45) is 0 Å². The monoisotopic (exact) mass is 260 g/mol. The lowest BCUT2D eigenvalue weighted by molar-refractivity contribution is 0.102. The molecule has 1 aromatic heterocycles. The Hall–Kier alpha value is -2.08. The summed E-state index contributed by atoms with van der Waals surface area (Å²) < 4.78 is 0. The molecule has 0 aliphatic rings. The fourth-order valence-electron chi connectivity index (χ4n) is 1.38. The van der Waals surface area contributed by atoms with Gasteiger partial charge in [-0.25, -0.2) is 4.98 Å². The second kappa shape index (κ2) is 5.50. The standard InChI is InChI=1S/C12H12N4OS/c13-10-6-11(16-12(14)15-10)18-7-9(17)8-4-2-1-3-5-8/h1-6H,7H2,(H4,13,14,15,16). The summed E-state index contributed by atoms with van der Waals surface area (Å²) in [6, 6.07) is 10.7. The molecule has 6 heteroatoms. The van der Waals surface area contributed by atoms with Crippen LogP contribution in [0.2, 0.25) is 0 Å². The lowest BCUT2D eigenvalue weighted by Gasteiger charge is -2.02. The van der Waals surface area contributed by atoms with Gasteiger partial charge in [-0.3, -0.25) is 4.79 Å². The molecule has 2 aromatic rings. The predicted octanol–water partition coefficient (Wildman–Crippen LogP) is 1.62. The molecule has 1 aromatic carbocycles. The highest BCUT2D eigenvalue weighted by Gasteiger charge is 2.07. The van der Waals surface area contributed by atoms with Crippen LogP contribution >= 0.6 is 11.8 Å². The maximum Gasteiger partial charge on any atom is 0.223 e. The maximum atomic E-state index is 11.9. The van der Waals surface area contributed by atoms with Crippen LogP contribution in [-0.2, 0) is 0 Å². The predicted molar refractivity (Wildman–Crippen MR) is 72.4 cm³/mol. The van der Waals surface area contributed by atoms with Gasteiger partial charge in [0.2, 0.25) is 5.95 Å². The van der Waals surface area contributed by atoms with Gasteiger partial charge in [0.25, 0.3) is 0 Å². The lowest BCUT2D eigenvalue weighted by Crippen LogP contribution is -2.04. The zero-order valence-corrected chi connectivity index (χ0v) is 10.4. The molecule has 0 aliphatic carbocycles. The summed E-state index contributed by atoms with van der Waals surface area (Å²) in [5.41, 5.74) is 11.7. The number of Topliss-reactive ketones (excluding diaryl/α,β-unsaturated/α-hetero) is 1. The molecule has 0 saturated carbocycles. The Bertz CT molecular complexity index is 539. The van der Waals surface area contributed by atoms with Crippen molar-refractivity contribution in [3.8, 4) is 0 Å². The summed E-state index contributed by atoms with van der Waals surface area (Å²) in [4.78, 5) is 19.6. The molecule has 1 heterocycles. The van der Waals surface area contributed by atoms with Crippen molar-refractivity contribution < 1.29 is 4.79 Å². The number of hydrogen-bond acceptors (Lipinski definition) is 6. The van der Waals surface area contributed by atoms with E-state index in [1.807, 2.05) is 18.2 Å². The molecule has 0 aliphatic heterocycles. The van der Waals surface area contributed by atoms with E-state index in [4.69, 9.17) is 11.5 Å². The first kappa shape index (κ1) is 12.4. The van der Waals surface area contributed by atoms with Crippen LogP contribution in [0.15, 0.2) is 41.4 Å². The normalized spacial score (nSPS) is 10.2. The first-order chi connectivity index (χ1) is 8.65. The Morgan fingerprint density at radius 3 is 2.56 bits per heavy atom. The summed E-state index contributed by atoms with van der Waals surface area (Å²) in [5, 5.41) is 0.601. The lowest BCUT2D eigenvalue weighted by atomic mass is 10.2. The summed E-state index contributed by atoms with van der Waals surface area (Å²) in [6.07, 6.45) is 0. The van der Waals surface area contributed by atoms with Gasteiger partial charge in [0.05, 0.1) is 5.75 Å². The number of nitrogens with two attached hydrogens (primary N) is 2. The molecule has 2 rings (SSSR count). The van der Waals surface area contributed by atoms with E-state index in [1.165, 1.54) is 11.8 Å². The van der Waals surface area contributed by atoms with E-state index in [2.05, 4.69) is 9.97 Å². The van der Waals surface area contributed by atoms with Crippen LogP contribution in [-0.4, -0.2) is 21.5 Å². The summed E-state index contributed by atoms with van der Waals surface area (Å²) in [6.45, 7) is 0. The molecule has 5 nitrogen and oxygen atoms in total. The van der Waals surface area contributed by atoms with Gasteiger partial charge in [-0.2, -0.15) is 4.98 Å². The highest BCUT2D eigenvalue weighted by Crippen LogP contribution is 2.19. The number of anilines is 2. The van der Waals surface area contributed by atoms with Crippen molar-refractivity contribution in [1.29, 1.82) is 0 Å². The molecule has 0 bridgehead atoms. The van der Waals surface area contributed by atoms with Gasteiger partial charge in [-0.15, -0.1) is 0 Å². The van der Waals surface area contributed by atoms with Gasteiger partial charge in [-0.1, -0.05) is 42.1 Å². The minimum atomic E-state index is 0.0383. The Labute approximate surface area is 109 Å². The SMILES string of the molecule is Nc1cc(SCC(=O)c2ccccc2)nc(N)n1. The highest BCUT2D eigenvalue weighted by atomic mass is 32.2.